The summed E-state index contributed by atoms with van der Waals surface area (Å²) in [4.78, 5) is 0. The van der Waals surface area contributed by atoms with Crippen molar-refractivity contribution in [2.45, 2.75) is 58.0 Å². The van der Waals surface area contributed by atoms with Gasteiger partial charge in [-0.2, -0.15) is 18.4 Å². The Morgan fingerprint density at radius 2 is 1.69 bits per heavy atom. The van der Waals surface area contributed by atoms with Crippen LogP contribution in [0.15, 0.2) is 55.0 Å². The first-order valence-electron chi connectivity index (χ1n) is 9.70. The first-order valence-corrected chi connectivity index (χ1v) is 9.70. The molecule has 2 rings (SSSR count). The molecule has 2 N–H and O–H groups in total. The number of allylic oxidation sites excluding steroid dienone is 4. The Balaban J connectivity index is 0.000000494. The van der Waals surface area contributed by atoms with E-state index in [0.29, 0.717) is 5.70 Å². The van der Waals surface area contributed by atoms with Crippen molar-refractivity contribution in [1.82, 2.24) is 5.32 Å². The molecule has 0 unspecified atom stereocenters. The van der Waals surface area contributed by atoms with Crippen molar-refractivity contribution >= 4 is 5.57 Å². The van der Waals surface area contributed by atoms with Crippen LogP contribution in [0.25, 0.3) is 5.57 Å². The molecule has 0 saturated heterocycles. The summed E-state index contributed by atoms with van der Waals surface area (Å²) in [6.07, 6.45) is 7.06. The highest BCUT2D eigenvalue weighted by Crippen LogP contribution is 2.21. The van der Waals surface area contributed by atoms with Gasteiger partial charge < -0.3 is 10.4 Å². The fourth-order valence-electron chi connectivity index (χ4n) is 2.63. The largest absolute Gasteiger partial charge is 0.505 e. The monoisotopic (exact) mass is 408 g/mol. The van der Waals surface area contributed by atoms with Gasteiger partial charge in [-0.25, -0.2) is 0 Å². The van der Waals surface area contributed by atoms with E-state index >= 15 is 0 Å². The zero-order valence-corrected chi connectivity index (χ0v) is 17.3. The minimum atomic E-state index is -4.64. The lowest BCUT2D eigenvalue weighted by atomic mass is 10.0. The fourth-order valence-corrected chi connectivity index (χ4v) is 2.63. The summed E-state index contributed by atoms with van der Waals surface area (Å²) in [6, 6.07) is 10.3. The van der Waals surface area contributed by atoms with E-state index in [-0.39, 0.29) is 0 Å². The SMILES string of the molecule is C1CCCCC1.C=C(O)C(F)(F)F.C=C/C(=C(/C#N)NC)c1cccc(CC)c1. The van der Waals surface area contributed by atoms with E-state index in [0.717, 1.165) is 17.6 Å². The Hall–Kier alpha value is -2.68. The molecule has 0 amide bonds. The topological polar surface area (TPSA) is 56.0 Å². The highest BCUT2D eigenvalue weighted by atomic mass is 19.4. The van der Waals surface area contributed by atoms with Crippen LogP contribution in [0, 0.1) is 11.3 Å². The third-order valence-corrected chi connectivity index (χ3v) is 4.31. The second-order valence-corrected chi connectivity index (χ2v) is 6.47. The molecule has 0 radical (unpaired) electrons. The molecule has 0 aliphatic heterocycles. The maximum Gasteiger partial charge on any atom is 0.448 e. The summed E-state index contributed by atoms with van der Waals surface area (Å²) in [7, 11) is 1.74. The van der Waals surface area contributed by atoms with Crippen molar-refractivity contribution in [2.75, 3.05) is 7.05 Å². The van der Waals surface area contributed by atoms with Gasteiger partial charge in [0.2, 0.25) is 0 Å². The van der Waals surface area contributed by atoms with E-state index in [1.54, 1.807) is 13.1 Å². The zero-order chi connectivity index (χ0) is 22.3. The standard InChI is InChI=1S/C14H16N2.C6H12.C3H3F3O/c1-4-11-7-6-8-12(9-11)13(5-2)14(10-15)16-3;1-2-4-6-5-3-1;1-2(7)3(4,5)6/h5-9,16H,2,4H2,1,3H3;1-6H2;7H,1H2/b14-13+;;. The van der Waals surface area contributed by atoms with Gasteiger partial charge in [0.25, 0.3) is 0 Å². The molecule has 6 heteroatoms. The van der Waals surface area contributed by atoms with Gasteiger partial charge in [-0.1, -0.05) is 88.9 Å². The van der Waals surface area contributed by atoms with Crippen LogP contribution < -0.4 is 5.32 Å². The van der Waals surface area contributed by atoms with Gasteiger partial charge >= 0.3 is 6.18 Å². The van der Waals surface area contributed by atoms with E-state index < -0.39 is 11.9 Å². The first-order chi connectivity index (χ1) is 13.7. The molecule has 1 fully saturated rings. The smallest absolute Gasteiger partial charge is 0.448 e. The summed E-state index contributed by atoms with van der Waals surface area (Å²) in [5.41, 5.74) is 3.68. The normalized spacial score (nSPS) is 13.9. The van der Waals surface area contributed by atoms with Gasteiger partial charge in [-0.15, -0.1) is 0 Å². The van der Waals surface area contributed by atoms with E-state index in [1.807, 2.05) is 12.1 Å². The minimum Gasteiger partial charge on any atom is -0.505 e. The molecule has 29 heavy (non-hydrogen) atoms. The van der Waals surface area contributed by atoms with Crippen molar-refractivity contribution in [3.8, 4) is 6.07 Å². The summed E-state index contributed by atoms with van der Waals surface area (Å²) in [6.45, 7) is 8.13. The molecule has 1 saturated carbocycles. The van der Waals surface area contributed by atoms with Crippen LogP contribution in [0.3, 0.4) is 0 Å². The maximum atomic E-state index is 10.8. The van der Waals surface area contributed by atoms with Crippen LogP contribution in [0.5, 0.6) is 0 Å². The predicted molar refractivity (Wildman–Crippen MR) is 113 cm³/mol. The number of aryl methyl sites for hydroxylation is 1. The average molecular weight is 409 g/mol. The highest BCUT2D eigenvalue weighted by molar-refractivity contribution is 5.78. The summed E-state index contributed by atoms with van der Waals surface area (Å²) in [5, 5.41) is 19.5. The number of aliphatic hydroxyl groups is 1. The maximum absolute atomic E-state index is 10.8. The second kappa shape index (κ2) is 14.3. The average Bonchev–Trinajstić information content (AvgIpc) is 2.73. The van der Waals surface area contributed by atoms with Gasteiger partial charge in [-0.3, -0.25) is 0 Å². The predicted octanol–water partition coefficient (Wildman–Crippen LogP) is 6.85. The number of hydrogen-bond donors (Lipinski definition) is 2. The highest BCUT2D eigenvalue weighted by Gasteiger charge is 2.31. The summed E-state index contributed by atoms with van der Waals surface area (Å²) in [5.74, 6) is -1.76. The lowest BCUT2D eigenvalue weighted by Gasteiger charge is -2.07. The number of hydrogen-bond acceptors (Lipinski definition) is 3. The number of nitrogens with one attached hydrogen (secondary N) is 1. The molecular formula is C23H31F3N2O. The number of aliphatic hydroxyl groups excluding tert-OH is 1. The quantitative estimate of drug-likeness (QED) is 0.325. The summed E-state index contributed by atoms with van der Waals surface area (Å²) < 4.78 is 32.5. The van der Waals surface area contributed by atoms with Crippen molar-refractivity contribution in [3.63, 3.8) is 0 Å². The molecule has 1 aromatic rings. The molecule has 1 aliphatic rings. The number of rotatable bonds is 4. The van der Waals surface area contributed by atoms with Gasteiger partial charge in [0.05, 0.1) is 0 Å². The van der Waals surface area contributed by atoms with Crippen molar-refractivity contribution in [2.24, 2.45) is 0 Å². The van der Waals surface area contributed by atoms with Crippen molar-refractivity contribution in [1.29, 1.82) is 5.26 Å². The molecule has 3 nitrogen and oxygen atoms in total. The van der Waals surface area contributed by atoms with Gasteiger partial charge in [-0.05, 0) is 17.5 Å². The Kier molecular flexibility index (Phi) is 13.0. The van der Waals surface area contributed by atoms with Crippen LogP contribution in [-0.4, -0.2) is 18.3 Å². The van der Waals surface area contributed by atoms with Crippen molar-refractivity contribution in [3.05, 3.63) is 66.1 Å². The molecule has 1 aromatic carbocycles. The Morgan fingerprint density at radius 3 is 2.00 bits per heavy atom. The Morgan fingerprint density at radius 1 is 1.21 bits per heavy atom. The third kappa shape index (κ3) is 11.0. The van der Waals surface area contributed by atoms with Crippen LogP contribution in [-0.2, 0) is 6.42 Å². The molecule has 0 atom stereocenters. The molecule has 0 aromatic heterocycles. The number of halogens is 3. The van der Waals surface area contributed by atoms with E-state index in [4.69, 9.17) is 10.4 Å². The fraction of sp³-hybridized carbons (Fsp3) is 0.435. The minimum absolute atomic E-state index is 0.545. The second-order valence-electron chi connectivity index (χ2n) is 6.47. The number of nitriles is 1. The van der Waals surface area contributed by atoms with Crippen molar-refractivity contribution < 1.29 is 18.3 Å². The molecule has 0 spiro atoms. The van der Waals surface area contributed by atoms with E-state index in [2.05, 4.69) is 43.6 Å². The lowest BCUT2D eigenvalue weighted by Crippen LogP contribution is -2.09. The Bertz CT molecular complexity index is 700. The van der Waals surface area contributed by atoms with Crippen LogP contribution in [0.1, 0.15) is 56.6 Å². The summed E-state index contributed by atoms with van der Waals surface area (Å²) >= 11 is 0. The lowest BCUT2D eigenvalue weighted by molar-refractivity contribution is -0.119. The number of nitrogens with zero attached hydrogens (tertiary/aromatic N) is 1. The molecule has 160 valence electrons. The first kappa shape index (κ1) is 26.3. The number of benzene rings is 1. The van der Waals surface area contributed by atoms with Gasteiger partial charge in [0, 0.05) is 12.6 Å². The molecule has 0 bridgehead atoms. The zero-order valence-electron chi connectivity index (χ0n) is 17.3. The van der Waals surface area contributed by atoms with Crippen LogP contribution >= 0.6 is 0 Å². The molecule has 0 heterocycles. The van der Waals surface area contributed by atoms with Gasteiger partial charge in [0.1, 0.15) is 11.8 Å². The molecule has 1 aliphatic carbocycles. The van der Waals surface area contributed by atoms with E-state index in [1.165, 1.54) is 44.1 Å². The third-order valence-electron chi connectivity index (χ3n) is 4.31. The Labute approximate surface area is 172 Å². The van der Waals surface area contributed by atoms with Gasteiger partial charge in [0.15, 0.2) is 5.76 Å². The molecular weight excluding hydrogens is 377 g/mol. The van der Waals surface area contributed by atoms with E-state index in [9.17, 15) is 13.2 Å². The van der Waals surface area contributed by atoms with Crippen LogP contribution in [0.2, 0.25) is 0 Å². The number of alkyl halides is 3. The van der Waals surface area contributed by atoms with Crippen LogP contribution in [0.4, 0.5) is 13.2 Å².